The average molecular weight is 392 g/mol. The number of hydrogen-bond donors (Lipinski definition) is 0. The average Bonchev–Trinajstić information content (AvgIpc) is 3.21. The van der Waals surface area contributed by atoms with Crippen LogP contribution in [0.4, 0.5) is 0 Å². The van der Waals surface area contributed by atoms with Crippen LogP contribution in [-0.4, -0.2) is 28.9 Å². The van der Waals surface area contributed by atoms with E-state index in [0.29, 0.717) is 17.1 Å². The maximum atomic E-state index is 12.6. The maximum absolute atomic E-state index is 12.6. The Morgan fingerprint density at radius 3 is 2.59 bits per heavy atom. The lowest BCUT2D eigenvalue weighted by Crippen LogP contribution is -2.31. The highest BCUT2D eigenvalue weighted by Crippen LogP contribution is 2.43. The summed E-state index contributed by atoms with van der Waals surface area (Å²) in [5, 5.41) is 4.33. The molecule has 3 aromatic heterocycles. The normalized spacial score (nSPS) is 18.8. The first kappa shape index (κ1) is 17.6. The molecule has 0 radical (unpaired) electrons. The lowest BCUT2D eigenvalue weighted by atomic mass is 9.76. The zero-order valence-corrected chi connectivity index (χ0v) is 16.1. The van der Waals surface area contributed by atoms with Crippen LogP contribution in [0.1, 0.15) is 41.8 Å². The Morgan fingerprint density at radius 1 is 1.10 bits per heavy atom. The van der Waals surface area contributed by atoms with E-state index in [1.807, 2.05) is 0 Å². The minimum absolute atomic E-state index is 0.0145. The Hall–Kier alpha value is -3.49. The van der Waals surface area contributed by atoms with E-state index in [2.05, 4.69) is 46.3 Å². The van der Waals surface area contributed by atoms with Crippen LogP contribution in [0.2, 0.25) is 0 Å². The molecule has 0 atom stereocenters. The van der Waals surface area contributed by atoms with Gasteiger partial charge < -0.3 is 8.98 Å². The van der Waals surface area contributed by atoms with Crippen molar-refractivity contribution >= 4 is 11.2 Å². The molecular formula is C20H20N6O3. The molecule has 5 rings (SSSR count). The summed E-state index contributed by atoms with van der Waals surface area (Å²) < 4.78 is 9.69. The van der Waals surface area contributed by atoms with E-state index in [9.17, 15) is 9.59 Å². The summed E-state index contributed by atoms with van der Waals surface area (Å²) >= 11 is 0. The van der Waals surface area contributed by atoms with E-state index in [-0.39, 0.29) is 24.0 Å². The summed E-state index contributed by atoms with van der Waals surface area (Å²) in [5.74, 6) is 0.126. The zero-order chi connectivity index (χ0) is 20.1. The van der Waals surface area contributed by atoms with Crippen molar-refractivity contribution in [2.75, 3.05) is 0 Å². The molecule has 1 aliphatic rings. The quantitative estimate of drug-likeness (QED) is 0.525. The monoisotopic (exact) mass is 392 g/mol. The molecule has 0 spiro atoms. The molecular weight excluding hydrogens is 372 g/mol. The van der Waals surface area contributed by atoms with Crippen molar-refractivity contribution in [3.8, 4) is 0 Å². The van der Waals surface area contributed by atoms with Crippen LogP contribution >= 0.6 is 0 Å². The number of imidazole rings is 1. The Balaban J connectivity index is 1.35. The van der Waals surface area contributed by atoms with Crippen molar-refractivity contribution in [3.63, 3.8) is 0 Å². The fourth-order valence-electron chi connectivity index (χ4n) is 3.85. The van der Waals surface area contributed by atoms with Gasteiger partial charge in [0.1, 0.15) is 12.9 Å². The Labute approximate surface area is 165 Å². The summed E-state index contributed by atoms with van der Waals surface area (Å²) in [6, 6.07) is 8.50. The van der Waals surface area contributed by atoms with Crippen LogP contribution in [0, 0.1) is 6.92 Å². The van der Waals surface area contributed by atoms with Crippen molar-refractivity contribution in [2.24, 2.45) is 7.05 Å². The third-order valence-corrected chi connectivity index (χ3v) is 5.63. The smallest absolute Gasteiger partial charge is 0.390 e. The summed E-state index contributed by atoms with van der Waals surface area (Å²) in [6.07, 6.45) is 4.63. The summed E-state index contributed by atoms with van der Waals surface area (Å²) in [5.41, 5.74) is 3.04. The number of fused-ring (bicyclic) bond motifs is 1. The van der Waals surface area contributed by atoms with Crippen molar-refractivity contribution in [3.05, 3.63) is 74.8 Å². The predicted octanol–water partition coefficient (Wildman–Crippen LogP) is 1.76. The van der Waals surface area contributed by atoms with E-state index in [4.69, 9.17) is 4.42 Å². The topological polar surface area (TPSA) is 101 Å². The number of aryl methyl sites for hydroxylation is 2. The van der Waals surface area contributed by atoms with Gasteiger partial charge in [-0.2, -0.15) is 4.68 Å². The molecule has 29 heavy (non-hydrogen) atoms. The van der Waals surface area contributed by atoms with Gasteiger partial charge in [-0.05, 0) is 31.2 Å². The van der Waals surface area contributed by atoms with Gasteiger partial charge in [0.05, 0.1) is 12.4 Å². The zero-order valence-electron chi connectivity index (χ0n) is 16.1. The Morgan fingerprint density at radius 2 is 1.83 bits per heavy atom. The summed E-state index contributed by atoms with van der Waals surface area (Å²) in [6.45, 7) is 2.11. The predicted molar refractivity (Wildman–Crippen MR) is 105 cm³/mol. The minimum atomic E-state index is -0.491. The van der Waals surface area contributed by atoms with Gasteiger partial charge in [0.15, 0.2) is 11.2 Å². The number of rotatable bonds is 4. The van der Waals surface area contributed by atoms with E-state index in [1.165, 1.54) is 26.7 Å². The third kappa shape index (κ3) is 2.98. The highest BCUT2D eigenvalue weighted by Gasteiger charge is 2.34. The van der Waals surface area contributed by atoms with E-state index < -0.39 is 5.76 Å². The van der Waals surface area contributed by atoms with Crippen molar-refractivity contribution in [1.82, 2.24) is 28.9 Å². The number of aromatic nitrogens is 6. The number of hydrogen-bond acceptors (Lipinski definition) is 6. The molecule has 0 aliphatic heterocycles. The van der Waals surface area contributed by atoms with E-state index in [1.54, 1.807) is 17.9 Å². The van der Waals surface area contributed by atoms with Crippen molar-refractivity contribution < 1.29 is 4.42 Å². The van der Waals surface area contributed by atoms with Gasteiger partial charge in [0.2, 0.25) is 5.89 Å². The van der Waals surface area contributed by atoms with Crippen LogP contribution in [0.25, 0.3) is 11.2 Å². The van der Waals surface area contributed by atoms with Crippen LogP contribution in [-0.2, 0) is 13.6 Å². The standard InChI is InChI=1S/C20H20N6O3/c1-12-3-5-13(6-4-12)14-7-15(8-14)26-20(28)29-16(23-26)9-25-11-22-18-17(19(25)27)24(2)10-21-18/h3-6,10-11,14-15H,7-9H2,1-2H3. The largest absolute Gasteiger partial charge is 0.437 e. The van der Waals surface area contributed by atoms with Crippen LogP contribution in [0.5, 0.6) is 0 Å². The molecule has 0 saturated heterocycles. The van der Waals surface area contributed by atoms with Crippen LogP contribution in [0.3, 0.4) is 0 Å². The van der Waals surface area contributed by atoms with Gasteiger partial charge in [-0.15, -0.1) is 5.10 Å². The third-order valence-electron chi connectivity index (χ3n) is 5.63. The first-order valence-corrected chi connectivity index (χ1v) is 9.51. The lowest BCUT2D eigenvalue weighted by molar-refractivity contribution is 0.233. The molecule has 0 N–H and O–H groups in total. The van der Waals surface area contributed by atoms with Crippen molar-refractivity contribution in [1.29, 1.82) is 0 Å². The molecule has 3 heterocycles. The maximum Gasteiger partial charge on any atom is 0.437 e. The molecule has 1 fully saturated rings. The van der Waals surface area contributed by atoms with Gasteiger partial charge in [0.25, 0.3) is 5.56 Å². The molecule has 0 amide bonds. The fourth-order valence-corrected chi connectivity index (χ4v) is 3.85. The molecule has 148 valence electrons. The lowest BCUT2D eigenvalue weighted by Gasteiger charge is -2.34. The molecule has 1 aliphatic carbocycles. The molecule has 4 aromatic rings. The second kappa shape index (κ2) is 6.54. The summed E-state index contributed by atoms with van der Waals surface area (Å²) in [4.78, 5) is 33.2. The molecule has 1 aromatic carbocycles. The Bertz CT molecular complexity index is 1300. The van der Waals surface area contributed by atoms with E-state index >= 15 is 0 Å². The minimum Gasteiger partial charge on any atom is -0.390 e. The number of nitrogens with zero attached hydrogens (tertiary/aromatic N) is 6. The molecule has 9 heteroatoms. The first-order chi connectivity index (χ1) is 14.0. The van der Waals surface area contributed by atoms with Gasteiger partial charge in [-0.1, -0.05) is 29.8 Å². The van der Waals surface area contributed by atoms with Gasteiger partial charge in [0, 0.05) is 7.05 Å². The van der Waals surface area contributed by atoms with Crippen molar-refractivity contribution in [2.45, 2.75) is 38.3 Å². The van der Waals surface area contributed by atoms with Gasteiger partial charge in [-0.3, -0.25) is 9.36 Å². The van der Waals surface area contributed by atoms with E-state index in [0.717, 1.165) is 12.8 Å². The molecule has 0 unspecified atom stereocenters. The Kier molecular flexibility index (Phi) is 3.97. The SMILES string of the molecule is Cc1ccc(C2CC(n3nc(Cn4cnc5ncn(C)c5c4=O)oc3=O)C2)cc1. The van der Waals surface area contributed by atoms with Crippen LogP contribution < -0.4 is 11.3 Å². The summed E-state index contributed by atoms with van der Waals surface area (Å²) in [7, 11) is 1.73. The van der Waals surface area contributed by atoms with Crippen LogP contribution in [0.15, 0.2) is 50.9 Å². The second-order valence-corrected chi connectivity index (χ2v) is 7.64. The second-order valence-electron chi connectivity index (χ2n) is 7.64. The molecule has 0 bridgehead atoms. The first-order valence-electron chi connectivity index (χ1n) is 9.51. The molecule has 9 nitrogen and oxygen atoms in total. The fraction of sp³-hybridized carbons (Fsp3) is 0.350. The van der Waals surface area contributed by atoms with Gasteiger partial charge in [-0.25, -0.2) is 14.8 Å². The highest BCUT2D eigenvalue weighted by molar-refractivity contribution is 5.68. The highest BCUT2D eigenvalue weighted by atomic mass is 16.4. The number of benzene rings is 1. The molecule has 1 saturated carbocycles. The van der Waals surface area contributed by atoms with Gasteiger partial charge >= 0.3 is 5.76 Å².